The topological polar surface area (TPSA) is 127 Å². The highest BCUT2D eigenvalue weighted by molar-refractivity contribution is 5.77. The van der Waals surface area contributed by atoms with Crippen LogP contribution in [0.25, 0.3) is 0 Å². The highest BCUT2D eigenvalue weighted by atomic mass is 16.6. The number of aliphatic carboxylic acids is 1. The summed E-state index contributed by atoms with van der Waals surface area (Å²) < 4.78 is 4.86. The van der Waals surface area contributed by atoms with Crippen molar-refractivity contribution in [2.24, 2.45) is 5.41 Å². The van der Waals surface area contributed by atoms with E-state index < -0.39 is 22.3 Å². The van der Waals surface area contributed by atoms with Crippen LogP contribution in [-0.4, -0.2) is 39.1 Å². The van der Waals surface area contributed by atoms with Gasteiger partial charge in [0.05, 0.1) is 17.4 Å². The number of carboxylic acids is 1. The molecule has 0 aromatic carbocycles. The Hall–Kier alpha value is -2.45. The summed E-state index contributed by atoms with van der Waals surface area (Å²) in [7, 11) is 1.27. The normalized spacial score (nSPS) is 24.6. The number of nitrogens with one attached hydrogen (secondary N) is 1. The van der Waals surface area contributed by atoms with Gasteiger partial charge in [-0.25, -0.2) is 4.98 Å². The number of hydrogen-bond donors (Lipinski definition) is 2. The van der Waals surface area contributed by atoms with Crippen molar-refractivity contribution in [3.8, 4) is 5.88 Å². The minimum atomic E-state index is -0.980. The average molecular weight is 296 g/mol. The lowest BCUT2D eigenvalue weighted by Gasteiger charge is -2.27. The molecule has 2 N–H and O–H groups in total. The summed E-state index contributed by atoms with van der Waals surface area (Å²) in [5, 5.41) is 23.4. The second-order valence-corrected chi connectivity index (χ2v) is 5.15. The van der Waals surface area contributed by atoms with Gasteiger partial charge in [0, 0.05) is 6.04 Å². The zero-order chi connectivity index (χ0) is 15.6. The minimum Gasteiger partial charge on any atom is -0.481 e. The summed E-state index contributed by atoms with van der Waals surface area (Å²) in [6.07, 6.45) is 2.99. The Morgan fingerprint density at radius 2 is 2.33 bits per heavy atom. The van der Waals surface area contributed by atoms with E-state index in [0.717, 1.165) is 12.7 Å². The average Bonchev–Trinajstić information content (AvgIpc) is 2.81. The van der Waals surface area contributed by atoms with E-state index in [1.807, 2.05) is 0 Å². The Kier molecular flexibility index (Phi) is 3.92. The fourth-order valence-corrected chi connectivity index (χ4v) is 2.60. The maximum Gasteiger partial charge on any atom is 0.372 e. The van der Waals surface area contributed by atoms with Crippen LogP contribution in [0, 0.1) is 15.5 Å². The molecular formula is C12H16N4O5. The molecule has 2 atom stereocenters. The largest absolute Gasteiger partial charge is 0.481 e. The molecular weight excluding hydrogens is 280 g/mol. The third-order valence-corrected chi connectivity index (χ3v) is 3.92. The number of methoxy groups -OCH3 is 1. The Labute approximate surface area is 120 Å². The van der Waals surface area contributed by atoms with Gasteiger partial charge in [-0.3, -0.25) is 14.9 Å². The molecule has 1 aromatic rings. The zero-order valence-corrected chi connectivity index (χ0v) is 11.7. The van der Waals surface area contributed by atoms with Gasteiger partial charge in [0.1, 0.15) is 6.33 Å². The van der Waals surface area contributed by atoms with E-state index >= 15 is 0 Å². The molecule has 1 aliphatic rings. The summed E-state index contributed by atoms with van der Waals surface area (Å²) >= 11 is 0. The Morgan fingerprint density at radius 3 is 2.90 bits per heavy atom. The number of aromatic nitrogens is 2. The van der Waals surface area contributed by atoms with Crippen LogP contribution >= 0.6 is 0 Å². The van der Waals surface area contributed by atoms with Gasteiger partial charge in [-0.2, -0.15) is 4.98 Å². The first-order chi connectivity index (χ1) is 9.90. The van der Waals surface area contributed by atoms with Crippen molar-refractivity contribution in [2.75, 3.05) is 12.4 Å². The number of carboxylic acid groups (broad SMARTS) is 1. The number of carbonyl (C=O) groups is 1. The van der Waals surface area contributed by atoms with Crippen molar-refractivity contribution in [1.82, 2.24) is 9.97 Å². The number of hydrogen-bond acceptors (Lipinski definition) is 7. The molecule has 0 spiro atoms. The summed E-state index contributed by atoms with van der Waals surface area (Å²) in [6, 6.07) is -0.437. The van der Waals surface area contributed by atoms with Crippen molar-refractivity contribution in [2.45, 2.75) is 32.2 Å². The van der Waals surface area contributed by atoms with Crippen molar-refractivity contribution < 1.29 is 19.6 Å². The molecule has 9 nitrogen and oxygen atoms in total. The van der Waals surface area contributed by atoms with Gasteiger partial charge in [0.25, 0.3) is 5.88 Å². The van der Waals surface area contributed by atoms with Gasteiger partial charge in [-0.15, -0.1) is 0 Å². The smallest absolute Gasteiger partial charge is 0.372 e. The first-order valence-electron chi connectivity index (χ1n) is 6.43. The quantitative estimate of drug-likeness (QED) is 0.617. The van der Waals surface area contributed by atoms with Crippen molar-refractivity contribution in [3.05, 3.63) is 16.4 Å². The predicted octanol–water partition coefficient (Wildman–Crippen LogP) is 1.45. The van der Waals surface area contributed by atoms with Crippen LogP contribution in [0.1, 0.15) is 26.2 Å². The predicted molar refractivity (Wildman–Crippen MR) is 72.2 cm³/mol. The molecule has 2 unspecified atom stereocenters. The van der Waals surface area contributed by atoms with Crippen molar-refractivity contribution in [1.29, 1.82) is 0 Å². The molecule has 0 saturated heterocycles. The number of nitro groups is 1. The van der Waals surface area contributed by atoms with Crippen LogP contribution < -0.4 is 10.1 Å². The van der Waals surface area contributed by atoms with Gasteiger partial charge < -0.3 is 15.2 Å². The molecule has 114 valence electrons. The van der Waals surface area contributed by atoms with Crippen molar-refractivity contribution in [3.63, 3.8) is 0 Å². The zero-order valence-electron chi connectivity index (χ0n) is 11.7. The van der Waals surface area contributed by atoms with Gasteiger partial charge in [-0.05, 0) is 19.8 Å². The first kappa shape index (κ1) is 14.9. The summed E-state index contributed by atoms with van der Waals surface area (Å²) in [6.45, 7) is 1.63. The van der Waals surface area contributed by atoms with Crippen LogP contribution in [0.15, 0.2) is 6.33 Å². The van der Waals surface area contributed by atoms with Crippen molar-refractivity contribution >= 4 is 17.5 Å². The van der Waals surface area contributed by atoms with E-state index in [9.17, 15) is 20.0 Å². The molecule has 0 amide bonds. The summed E-state index contributed by atoms with van der Waals surface area (Å²) in [4.78, 5) is 29.5. The molecule has 1 aliphatic carbocycles. The third kappa shape index (κ3) is 2.58. The molecule has 1 fully saturated rings. The van der Waals surface area contributed by atoms with E-state index in [1.165, 1.54) is 7.11 Å². The van der Waals surface area contributed by atoms with Crippen LogP contribution in [0.5, 0.6) is 5.88 Å². The molecule has 1 heterocycles. The van der Waals surface area contributed by atoms with Crippen LogP contribution in [-0.2, 0) is 4.79 Å². The first-order valence-corrected chi connectivity index (χ1v) is 6.43. The summed E-state index contributed by atoms with van der Waals surface area (Å²) in [5.74, 6) is -1.11. The van der Waals surface area contributed by atoms with Gasteiger partial charge in [-0.1, -0.05) is 6.42 Å². The lowest BCUT2D eigenvalue weighted by Crippen LogP contribution is -2.40. The molecule has 0 bridgehead atoms. The summed E-state index contributed by atoms with van der Waals surface area (Å²) in [5.41, 5.74) is -1.37. The van der Waals surface area contributed by atoms with Crippen LogP contribution in [0.2, 0.25) is 0 Å². The molecule has 9 heteroatoms. The Balaban J connectivity index is 2.36. The number of anilines is 1. The fraction of sp³-hybridized carbons (Fsp3) is 0.583. The Morgan fingerprint density at radius 1 is 1.62 bits per heavy atom. The molecule has 1 saturated carbocycles. The van der Waals surface area contributed by atoms with Gasteiger partial charge in [0.2, 0.25) is 5.82 Å². The standard InChI is InChI=1S/C12H16N4O5/c1-12(11(17)18)5-3-4-7(12)15-9-8(16(19)20)10(21-2)14-6-13-9/h6-7H,3-5H2,1-2H3,(H,17,18)(H,13,14,15). The van der Waals surface area contributed by atoms with Gasteiger partial charge >= 0.3 is 11.7 Å². The third-order valence-electron chi connectivity index (χ3n) is 3.92. The van der Waals surface area contributed by atoms with E-state index in [0.29, 0.717) is 12.8 Å². The molecule has 2 rings (SSSR count). The minimum absolute atomic E-state index is 0.0220. The van der Waals surface area contributed by atoms with E-state index in [1.54, 1.807) is 6.92 Å². The Bertz CT molecular complexity index is 579. The number of rotatable bonds is 5. The van der Waals surface area contributed by atoms with E-state index in [2.05, 4.69) is 15.3 Å². The maximum atomic E-state index is 11.4. The van der Waals surface area contributed by atoms with E-state index in [-0.39, 0.29) is 17.4 Å². The SMILES string of the molecule is COc1ncnc(NC2CCCC2(C)C(=O)O)c1[N+](=O)[O-]. The van der Waals surface area contributed by atoms with E-state index in [4.69, 9.17) is 4.74 Å². The fourth-order valence-electron chi connectivity index (χ4n) is 2.60. The van der Waals surface area contributed by atoms with Crippen LogP contribution in [0.4, 0.5) is 11.5 Å². The second-order valence-electron chi connectivity index (χ2n) is 5.15. The molecule has 0 radical (unpaired) electrons. The highest BCUT2D eigenvalue weighted by Gasteiger charge is 2.46. The van der Waals surface area contributed by atoms with Crippen LogP contribution in [0.3, 0.4) is 0 Å². The number of nitrogens with zero attached hydrogens (tertiary/aromatic N) is 3. The highest BCUT2D eigenvalue weighted by Crippen LogP contribution is 2.41. The molecule has 0 aliphatic heterocycles. The maximum absolute atomic E-state index is 11.4. The van der Waals surface area contributed by atoms with Gasteiger partial charge in [0.15, 0.2) is 0 Å². The molecule has 21 heavy (non-hydrogen) atoms. The monoisotopic (exact) mass is 296 g/mol. The number of ether oxygens (including phenoxy) is 1. The lowest BCUT2D eigenvalue weighted by atomic mass is 9.85. The lowest BCUT2D eigenvalue weighted by molar-refractivity contribution is -0.385. The molecule has 1 aromatic heterocycles. The second kappa shape index (κ2) is 5.51.